The lowest BCUT2D eigenvalue weighted by atomic mass is 9.79. The summed E-state index contributed by atoms with van der Waals surface area (Å²) in [6.07, 6.45) is 3.67. The normalized spacial score (nSPS) is 32.8. The van der Waals surface area contributed by atoms with Crippen molar-refractivity contribution in [2.24, 2.45) is 5.92 Å². The van der Waals surface area contributed by atoms with Crippen LogP contribution in [0.5, 0.6) is 0 Å². The zero-order chi connectivity index (χ0) is 13.1. The van der Waals surface area contributed by atoms with E-state index in [0.717, 1.165) is 19.1 Å². The monoisotopic (exact) mass is 297 g/mol. The van der Waals surface area contributed by atoms with Crippen molar-refractivity contribution in [2.45, 2.75) is 37.8 Å². The Morgan fingerprint density at radius 3 is 3.21 bits per heavy atom. The Labute approximate surface area is 124 Å². The van der Waals surface area contributed by atoms with Crippen molar-refractivity contribution in [3.05, 3.63) is 22.4 Å². The highest BCUT2D eigenvalue weighted by Crippen LogP contribution is 2.44. The van der Waals surface area contributed by atoms with Crippen LogP contribution in [0, 0.1) is 5.92 Å². The number of thioether (sulfide) groups is 1. The summed E-state index contributed by atoms with van der Waals surface area (Å²) in [5, 5.41) is 8.20. The van der Waals surface area contributed by atoms with E-state index in [9.17, 15) is 0 Å². The molecule has 2 fully saturated rings. The minimum atomic E-state index is 0.192. The molecule has 0 saturated carbocycles. The van der Waals surface area contributed by atoms with Gasteiger partial charge in [0.15, 0.2) is 0 Å². The maximum absolute atomic E-state index is 6.16. The van der Waals surface area contributed by atoms with Crippen molar-refractivity contribution in [1.82, 2.24) is 5.32 Å². The largest absolute Gasteiger partial charge is 0.374 e. The Kier molecular flexibility index (Phi) is 4.52. The van der Waals surface area contributed by atoms with Gasteiger partial charge in [-0.1, -0.05) is 6.92 Å². The molecule has 3 rings (SSSR count). The first-order valence-corrected chi connectivity index (χ1v) is 9.40. The van der Waals surface area contributed by atoms with Crippen molar-refractivity contribution in [2.75, 3.05) is 24.7 Å². The maximum Gasteiger partial charge on any atom is 0.0783 e. The first-order chi connectivity index (χ1) is 9.33. The fourth-order valence-corrected chi connectivity index (χ4v) is 5.52. The Hall–Kier alpha value is -0.0300. The number of hydrogen-bond acceptors (Lipinski definition) is 4. The van der Waals surface area contributed by atoms with Crippen molar-refractivity contribution < 1.29 is 4.74 Å². The van der Waals surface area contributed by atoms with Gasteiger partial charge in [0.2, 0.25) is 0 Å². The van der Waals surface area contributed by atoms with E-state index >= 15 is 0 Å². The molecule has 3 atom stereocenters. The molecule has 19 heavy (non-hydrogen) atoms. The second-order valence-corrected chi connectivity index (χ2v) is 7.56. The third kappa shape index (κ3) is 3.02. The summed E-state index contributed by atoms with van der Waals surface area (Å²) >= 11 is 3.87. The molecule has 0 aromatic carbocycles. The van der Waals surface area contributed by atoms with Gasteiger partial charge in [-0.25, -0.2) is 0 Å². The second kappa shape index (κ2) is 6.17. The van der Waals surface area contributed by atoms with E-state index < -0.39 is 0 Å². The molecule has 2 aliphatic heterocycles. The molecule has 1 aromatic heterocycles. The third-order valence-corrected chi connectivity index (χ3v) is 6.32. The number of hydrogen-bond donors (Lipinski definition) is 1. The van der Waals surface area contributed by atoms with E-state index in [4.69, 9.17) is 4.74 Å². The van der Waals surface area contributed by atoms with E-state index in [1.54, 1.807) is 11.3 Å². The van der Waals surface area contributed by atoms with Crippen LogP contribution in [-0.2, 0) is 4.74 Å². The molecule has 3 unspecified atom stereocenters. The van der Waals surface area contributed by atoms with Crippen LogP contribution in [0.2, 0.25) is 0 Å². The van der Waals surface area contributed by atoms with Gasteiger partial charge in [-0.2, -0.15) is 23.1 Å². The summed E-state index contributed by atoms with van der Waals surface area (Å²) in [5.41, 5.74) is 1.66. The molecule has 0 radical (unpaired) electrons. The highest BCUT2D eigenvalue weighted by molar-refractivity contribution is 7.99. The number of nitrogens with one attached hydrogen (secondary N) is 1. The van der Waals surface area contributed by atoms with E-state index in [-0.39, 0.29) is 5.60 Å². The fraction of sp³-hybridized carbons (Fsp3) is 0.733. The van der Waals surface area contributed by atoms with Gasteiger partial charge >= 0.3 is 0 Å². The summed E-state index contributed by atoms with van der Waals surface area (Å²) in [4.78, 5) is 0. The Balaban J connectivity index is 1.74. The summed E-state index contributed by atoms with van der Waals surface area (Å²) < 4.78 is 6.16. The Morgan fingerprint density at radius 1 is 1.58 bits per heavy atom. The van der Waals surface area contributed by atoms with Crippen molar-refractivity contribution in [1.29, 1.82) is 0 Å². The van der Waals surface area contributed by atoms with Gasteiger partial charge in [-0.3, -0.25) is 0 Å². The molecule has 0 amide bonds. The zero-order valence-electron chi connectivity index (χ0n) is 11.6. The molecule has 2 nitrogen and oxygen atoms in total. The summed E-state index contributed by atoms with van der Waals surface area (Å²) in [7, 11) is 0. The van der Waals surface area contributed by atoms with Crippen LogP contribution >= 0.6 is 23.1 Å². The van der Waals surface area contributed by atoms with Gasteiger partial charge in [0.25, 0.3) is 0 Å². The number of ether oxygens (including phenoxy) is 1. The van der Waals surface area contributed by atoms with Crippen LogP contribution in [0.1, 0.15) is 37.8 Å². The van der Waals surface area contributed by atoms with Crippen LogP contribution in [-0.4, -0.2) is 30.3 Å². The van der Waals surface area contributed by atoms with Gasteiger partial charge in [0.1, 0.15) is 0 Å². The minimum absolute atomic E-state index is 0.192. The first-order valence-electron chi connectivity index (χ1n) is 7.30. The smallest absolute Gasteiger partial charge is 0.0783 e. The first kappa shape index (κ1) is 13.9. The van der Waals surface area contributed by atoms with Gasteiger partial charge in [-0.05, 0) is 59.9 Å². The molecule has 3 heterocycles. The zero-order valence-corrected chi connectivity index (χ0v) is 13.2. The van der Waals surface area contributed by atoms with Crippen LogP contribution in [0.3, 0.4) is 0 Å². The van der Waals surface area contributed by atoms with Gasteiger partial charge in [-0.15, -0.1) is 0 Å². The summed E-state index contributed by atoms with van der Waals surface area (Å²) in [6, 6.07) is 2.80. The molecule has 2 aliphatic rings. The molecule has 1 spiro atoms. The van der Waals surface area contributed by atoms with Gasteiger partial charge < -0.3 is 10.1 Å². The van der Waals surface area contributed by atoms with Gasteiger partial charge in [0.05, 0.1) is 5.60 Å². The molecule has 0 aliphatic carbocycles. The van der Waals surface area contributed by atoms with Crippen LogP contribution < -0.4 is 5.32 Å². The van der Waals surface area contributed by atoms with Crippen molar-refractivity contribution >= 4 is 23.1 Å². The molecule has 106 valence electrons. The molecular formula is C15H23NOS2. The van der Waals surface area contributed by atoms with Crippen LogP contribution in [0.15, 0.2) is 16.8 Å². The Bertz CT molecular complexity index is 387. The minimum Gasteiger partial charge on any atom is -0.374 e. The average Bonchev–Trinajstić information content (AvgIpc) is 3.08. The molecule has 0 bridgehead atoms. The Morgan fingerprint density at radius 2 is 2.53 bits per heavy atom. The SMILES string of the molecule is CCNC(c1ccsc1)C1CCOC2(CCSC2)C1. The summed E-state index contributed by atoms with van der Waals surface area (Å²) in [6.45, 7) is 4.19. The third-order valence-electron chi connectivity index (χ3n) is 4.40. The average molecular weight is 297 g/mol. The van der Waals surface area contributed by atoms with E-state index in [1.165, 1.54) is 36.3 Å². The topological polar surface area (TPSA) is 21.3 Å². The quantitative estimate of drug-likeness (QED) is 0.915. The van der Waals surface area contributed by atoms with E-state index in [1.807, 2.05) is 0 Å². The molecule has 4 heteroatoms. The van der Waals surface area contributed by atoms with Gasteiger partial charge in [0, 0.05) is 18.4 Å². The predicted molar refractivity (Wildman–Crippen MR) is 84.1 cm³/mol. The van der Waals surface area contributed by atoms with Crippen LogP contribution in [0.25, 0.3) is 0 Å². The highest BCUT2D eigenvalue weighted by Gasteiger charge is 2.42. The lowest BCUT2D eigenvalue weighted by molar-refractivity contribution is -0.0853. The lowest BCUT2D eigenvalue weighted by Crippen LogP contribution is -2.43. The predicted octanol–water partition coefficient (Wildman–Crippen LogP) is 3.70. The lowest BCUT2D eigenvalue weighted by Gasteiger charge is -2.41. The fourth-order valence-electron chi connectivity index (χ4n) is 3.44. The number of thiophene rings is 1. The second-order valence-electron chi connectivity index (χ2n) is 5.68. The molecule has 2 saturated heterocycles. The maximum atomic E-state index is 6.16. The highest BCUT2D eigenvalue weighted by atomic mass is 32.2. The number of rotatable bonds is 4. The standard InChI is InChI=1S/C15H23NOS2/c1-2-16-14(13-4-7-18-10-13)12-3-6-17-15(9-12)5-8-19-11-15/h4,7,10,12,14,16H,2-3,5-6,8-9,11H2,1H3. The van der Waals surface area contributed by atoms with E-state index in [0.29, 0.717) is 6.04 Å². The molecule has 1 aromatic rings. The van der Waals surface area contributed by atoms with Crippen molar-refractivity contribution in [3.8, 4) is 0 Å². The van der Waals surface area contributed by atoms with Crippen LogP contribution in [0.4, 0.5) is 0 Å². The molecule has 1 N–H and O–H groups in total. The molecular weight excluding hydrogens is 274 g/mol. The summed E-state index contributed by atoms with van der Waals surface area (Å²) in [5.74, 6) is 3.20. The van der Waals surface area contributed by atoms with Crippen molar-refractivity contribution in [3.63, 3.8) is 0 Å². The van der Waals surface area contributed by atoms with E-state index in [2.05, 4.69) is 40.8 Å².